The quantitative estimate of drug-likeness (QED) is 0.709. The molecule has 8 nitrogen and oxygen atoms in total. The van der Waals surface area contributed by atoms with Crippen LogP contribution in [0.2, 0.25) is 0 Å². The number of hydrogen-bond donors (Lipinski definition) is 1. The molecule has 0 bridgehead atoms. The molecule has 3 rings (SSSR count). The van der Waals surface area contributed by atoms with Gasteiger partial charge < -0.3 is 5.32 Å². The lowest BCUT2D eigenvalue weighted by Crippen LogP contribution is -2.35. The monoisotopic (exact) mass is 371 g/mol. The molecule has 0 saturated carbocycles. The number of nitrogens with one attached hydrogen (secondary N) is 1. The zero-order valence-corrected chi connectivity index (χ0v) is 14.8. The molecule has 134 valence electrons. The van der Waals surface area contributed by atoms with E-state index in [0.29, 0.717) is 11.4 Å². The molecule has 1 N–H and O–H groups in total. The lowest BCUT2D eigenvalue weighted by Gasteiger charge is -2.17. The Morgan fingerprint density at radius 2 is 1.96 bits per heavy atom. The number of likely N-dealkylation sites (N-methyl/N-ethyl adjacent to an activating group) is 1. The van der Waals surface area contributed by atoms with Gasteiger partial charge in [0.05, 0.1) is 17.9 Å². The Balaban J connectivity index is 1.74. The molecule has 9 heteroatoms. The van der Waals surface area contributed by atoms with E-state index in [0.717, 1.165) is 4.31 Å². The summed E-state index contributed by atoms with van der Waals surface area (Å²) in [6.45, 7) is -0.329. The van der Waals surface area contributed by atoms with Crippen LogP contribution in [0, 0.1) is 0 Å². The van der Waals surface area contributed by atoms with E-state index in [1.165, 1.54) is 31.6 Å². The summed E-state index contributed by atoms with van der Waals surface area (Å²) in [6.07, 6.45) is 6.12. The maximum Gasteiger partial charge on any atom is 0.244 e. The van der Waals surface area contributed by atoms with Crippen LogP contribution in [-0.4, -0.2) is 47.0 Å². The smallest absolute Gasteiger partial charge is 0.244 e. The molecule has 2 aromatic heterocycles. The molecule has 1 amide bonds. The molecule has 26 heavy (non-hydrogen) atoms. The largest absolute Gasteiger partial charge is 0.323 e. The fourth-order valence-electron chi connectivity index (χ4n) is 2.35. The Morgan fingerprint density at radius 1 is 1.15 bits per heavy atom. The van der Waals surface area contributed by atoms with Gasteiger partial charge in [0, 0.05) is 31.8 Å². The van der Waals surface area contributed by atoms with Gasteiger partial charge in [-0.3, -0.25) is 9.78 Å². The number of anilines is 1. The standard InChI is InChI=1S/C17H17N5O3S/c1-21(26(24,25)14-6-4-9-18-12-14)13-17(23)20-15-7-2-3-8-16(15)22-11-5-10-19-22/h2-12H,13H2,1H3,(H,20,23). The average molecular weight is 371 g/mol. The van der Waals surface area contributed by atoms with Crippen molar-refractivity contribution < 1.29 is 13.2 Å². The van der Waals surface area contributed by atoms with Crippen LogP contribution in [0.4, 0.5) is 5.69 Å². The minimum absolute atomic E-state index is 0.0345. The van der Waals surface area contributed by atoms with Crippen molar-refractivity contribution in [3.8, 4) is 5.69 Å². The Morgan fingerprint density at radius 3 is 2.65 bits per heavy atom. The van der Waals surface area contributed by atoms with Crippen molar-refractivity contribution in [3.63, 3.8) is 0 Å². The normalized spacial score (nSPS) is 11.5. The summed E-state index contributed by atoms with van der Waals surface area (Å²) in [5, 5.41) is 6.88. The Labute approximate surface area is 151 Å². The van der Waals surface area contributed by atoms with Crippen LogP contribution in [0.15, 0.2) is 72.1 Å². The van der Waals surface area contributed by atoms with Crippen molar-refractivity contribution in [2.24, 2.45) is 0 Å². The molecule has 0 unspecified atom stereocenters. The van der Waals surface area contributed by atoms with E-state index in [-0.39, 0.29) is 11.4 Å². The molecule has 0 aliphatic heterocycles. The topological polar surface area (TPSA) is 97.2 Å². The highest BCUT2D eigenvalue weighted by molar-refractivity contribution is 7.89. The number of pyridine rings is 1. The molecule has 3 aromatic rings. The third-order valence-corrected chi connectivity index (χ3v) is 5.43. The first-order valence-electron chi connectivity index (χ1n) is 7.74. The Bertz CT molecular complexity index is 988. The van der Waals surface area contributed by atoms with Crippen LogP contribution >= 0.6 is 0 Å². The molecular formula is C17H17N5O3S. The van der Waals surface area contributed by atoms with Crippen LogP contribution in [0.3, 0.4) is 0 Å². The number of sulfonamides is 1. The van der Waals surface area contributed by atoms with E-state index in [1.807, 2.05) is 6.07 Å². The predicted molar refractivity (Wildman–Crippen MR) is 96.2 cm³/mol. The number of carbonyl (C=O) groups is 1. The van der Waals surface area contributed by atoms with E-state index in [4.69, 9.17) is 0 Å². The number of carbonyl (C=O) groups excluding carboxylic acids is 1. The van der Waals surface area contributed by atoms with Gasteiger partial charge in [-0.15, -0.1) is 0 Å². The summed E-state index contributed by atoms with van der Waals surface area (Å²) in [6, 6.07) is 11.9. The average Bonchev–Trinajstić information content (AvgIpc) is 3.17. The molecule has 2 heterocycles. The van der Waals surface area contributed by atoms with Gasteiger partial charge in [0.25, 0.3) is 0 Å². The van der Waals surface area contributed by atoms with E-state index >= 15 is 0 Å². The van der Waals surface area contributed by atoms with E-state index in [1.54, 1.807) is 41.3 Å². The highest BCUT2D eigenvalue weighted by Gasteiger charge is 2.23. The number of hydrogen-bond acceptors (Lipinski definition) is 5. The lowest BCUT2D eigenvalue weighted by atomic mass is 10.2. The van der Waals surface area contributed by atoms with Crippen molar-refractivity contribution in [1.82, 2.24) is 19.1 Å². The van der Waals surface area contributed by atoms with Crippen LogP contribution in [0.1, 0.15) is 0 Å². The minimum Gasteiger partial charge on any atom is -0.323 e. The first kappa shape index (κ1) is 17.8. The highest BCUT2D eigenvalue weighted by Crippen LogP contribution is 2.19. The number of aromatic nitrogens is 3. The van der Waals surface area contributed by atoms with Crippen LogP contribution in [-0.2, 0) is 14.8 Å². The van der Waals surface area contributed by atoms with Gasteiger partial charge in [0.1, 0.15) is 4.90 Å². The van der Waals surface area contributed by atoms with Gasteiger partial charge in [0.15, 0.2) is 0 Å². The summed E-state index contributed by atoms with van der Waals surface area (Å²) in [5.41, 5.74) is 1.22. The third-order valence-electron chi connectivity index (χ3n) is 3.64. The maximum atomic E-state index is 12.5. The molecule has 0 aliphatic rings. The Kier molecular flexibility index (Phi) is 5.10. The van der Waals surface area contributed by atoms with Crippen molar-refractivity contribution >= 4 is 21.6 Å². The number of amides is 1. The molecule has 0 radical (unpaired) electrons. The number of benzene rings is 1. The van der Waals surface area contributed by atoms with Gasteiger partial charge in [-0.2, -0.15) is 9.40 Å². The van der Waals surface area contributed by atoms with Crippen LogP contribution in [0.25, 0.3) is 5.69 Å². The minimum atomic E-state index is -3.79. The van der Waals surface area contributed by atoms with Gasteiger partial charge in [0.2, 0.25) is 15.9 Å². The molecular weight excluding hydrogens is 354 g/mol. The lowest BCUT2D eigenvalue weighted by molar-refractivity contribution is -0.116. The fourth-order valence-corrected chi connectivity index (χ4v) is 3.44. The second-order valence-corrected chi connectivity index (χ2v) is 7.51. The molecule has 1 aromatic carbocycles. The Hall–Kier alpha value is -3.04. The van der Waals surface area contributed by atoms with Gasteiger partial charge >= 0.3 is 0 Å². The van der Waals surface area contributed by atoms with Crippen LogP contribution in [0.5, 0.6) is 0 Å². The van der Waals surface area contributed by atoms with E-state index in [9.17, 15) is 13.2 Å². The van der Waals surface area contributed by atoms with Crippen molar-refractivity contribution in [2.75, 3.05) is 18.9 Å². The molecule has 0 aliphatic carbocycles. The first-order valence-corrected chi connectivity index (χ1v) is 9.18. The molecule has 0 fully saturated rings. The molecule has 0 saturated heterocycles. The van der Waals surface area contributed by atoms with Gasteiger partial charge in [-0.05, 0) is 30.3 Å². The number of nitrogens with zero attached hydrogens (tertiary/aromatic N) is 4. The second-order valence-electron chi connectivity index (χ2n) is 5.47. The first-order chi connectivity index (χ1) is 12.5. The predicted octanol–water partition coefficient (Wildman–Crippen LogP) is 1.53. The maximum absolute atomic E-state index is 12.5. The molecule has 0 atom stereocenters. The number of rotatable bonds is 6. The van der Waals surface area contributed by atoms with E-state index < -0.39 is 15.9 Å². The van der Waals surface area contributed by atoms with Gasteiger partial charge in [-0.25, -0.2) is 13.1 Å². The van der Waals surface area contributed by atoms with E-state index in [2.05, 4.69) is 15.4 Å². The van der Waals surface area contributed by atoms with Crippen molar-refractivity contribution in [3.05, 3.63) is 67.3 Å². The summed E-state index contributed by atoms with van der Waals surface area (Å²) in [5.74, 6) is -0.459. The SMILES string of the molecule is CN(CC(=O)Nc1ccccc1-n1cccn1)S(=O)(=O)c1cccnc1. The third kappa shape index (κ3) is 3.79. The highest BCUT2D eigenvalue weighted by atomic mass is 32.2. The summed E-state index contributed by atoms with van der Waals surface area (Å²) >= 11 is 0. The summed E-state index contributed by atoms with van der Waals surface area (Å²) in [4.78, 5) is 16.2. The van der Waals surface area contributed by atoms with Crippen LogP contribution < -0.4 is 5.32 Å². The van der Waals surface area contributed by atoms with Crippen molar-refractivity contribution in [2.45, 2.75) is 4.90 Å². The number of para-hydroxylation sites is 2. The molecule has 0 spiro atoms. The second kappa shape index (κ2) is 7.46. The summed E-state index contributed by atoms with van der Waals surface area (Å²) in [7, 11) is -2.44. The summed E-state index contributed by atoms with van der Waals surface area (Å²) < 4.78 is 27.5. The fraction of sp³-hybridized carbons (Fsp3) is 0.118. The van der Waals surface area contributed by atoms with Gasteiger partial charge in [-0.1, -0.05) is 12.1 Å². The van der Waals surface area contributed by atoms with Crippen molar-refractivity contribution in [1.29, 1.82) is 0 Å². The zero-order valence-electron chi connectivity index (χ0n) is 14.0. The zero-order chi connectivity index (χ0) is 18.6.